The van der Waals surface area contributed by atoms with Crippen molar-refractivity contribution in [3.63, 3.8) is 0 Å². The van der Waals surface area contributed by atoms with Crippen LogP contribution in [0, 0.1) is 0 Å². The molecule has 0 aliphatic heterocycles. The molecular formula is C19H13BrO6. The minimum absolute atomic E-state index is 0.103. The van der Waals surface area contributed by atoms with E-state index in [-0.39, 0.29) is 29.0 Å². The molecule has 4 N–H and O–H groups in total. The van der Waals surface area contributed by atoms with Crippen molar-refractivity contribution in [2.45, 2.75) is 6.42 Å². The van der Waals surface area contributed by atoms with Crippen LogP contribution < -0.4 is 0 Å². The molecule has 0 aliphatic rings. The van der Waals surface area contributed by atoms with Gasteiger partial charge in [0.05, 0.1) is 0 Å². The summed E-state index contributed by atoms with van der Waals surface area (Å²) in [6.45, 7) is 0. The van der Waals surface area contributed by atoms with Crippen LogP contribution in [0.15, 0.2) is 46.9 Å². The predicted octanol–water partition coefficient (Wildman–Crippen LogP) is 4.00. The number of aromatic carboxylic acids is 2. The van der Waals surface area contributed by atoms with Gasteiger partial charge in [-0.25, -0.2) is 9.59 Å². The number of carboxylic acid groups (broad SMARTS) is 2. The Morgan fingerprint density at radius 2 is 1.58 bits per heavy atom. The maximum Gasteiger partial charge on any atom is 0.339 e. The van der Waals surface area contributed by atoms with Crippen molar-refractivity contribution in [2.75, 3.05) is 0 Å². The summed E-state index contributed by atoms with van der Waals surface area (Å²) in [6.07, 6.45) is 0.103. The van der Waals surface area contributed by atoms with Crippen molar-refractivity contribution in [1.29, 1.82) is 0 Å². The van der Waals surface area contributed by atoms with Gasteiger partial charge in [0.15, 0.2) is 0 Å². The normalized spacial score (nSPS) is 10.8. The first-order valence-electron chi connectivity index (χ1n) is 7.50. The van der Waals surface area contributed by atoms with Crippen LogP contribution in [0.3, 0.4) is 0 Å². The molecular weight excluding hydrogens is 404 g/mol. The van der Waals surface area contributed by atoms with E-state index in [1.165, 1.54) is 24.3 Å². The summed E-state index contributed by atoms with van der Waals surface area (Å²) in [4.78, 5) is 22.7. The van der Waals surface area contributed by atoms with Gasteiger partial charge in [0, 0.05) is 16.5 Å². The van der Waals surface area contributed by atoms with E-state index in [4.69, 9.17) is 5.11 Å². The standard InChI is InChI=1S/C19H13BrO6/c20-11-2-3-12-10(7-11)8-15(19(25)26)17(22)13(12)5-9-1-4-16(21)14(6-9)18(23)24/h1-4,6-8,21-22H,5H2,(H,23,24)(H,25,26). The van der Waals surface area contributed by atoms with Crippen LogP contribution in [-0.2, 0) is 6.42 Å². The van der Waals surface area contributed by atoms with Crippen LogP contribution in [-0.4, -0.2) is 32.4 Å². The smallest absolute Gasteiger partial charge is 0.339 e. The molecule has 0 amide bonds. The lowest BCUT2D eigenvalue weighted by Crippen LogP contribution is -2.02. The van der Waals surface area contributed by atoms with Crippen molar-refractivity contribution in [3.8, 4) is 11.5 Å². The highest BCUT2D eigenvalue weighted by atomic mass is 79.9. The summed E-state index contributed by atoms with van der Waals surface area (Å²) < 4.78 is 0.760. The number of hydrogen-bond donors (Lipinski definition) is 4. The second-order valence-electron chi connectivity index (χ2n) is 5.76. The fraction of sp³-hybridized carbons (Fsp3) is 0.0526. The van der Waals surface area contributed by atoms with Gasteiger partial charge in [0.2, 0.25) is 0 Å². The van der Waals surface area contributed by atoms with Crippen LogP contribution in [0.25, 0.3) is 10.8 Å². The SMILES string of the molecule is O=C(O)c1cc(Cc2c(O)c(C(=O)O)cc3cc(Br)ccc23)ccc1O. The zero-order valence-electron chi connectivity index (χ0n) is 13.2. The number of aromatic hydroxyl groups is 2. The topological polar surface area (TPSA) is 115 Å². The van der Waals surface area contributed by atoms with Gasteiger partial charge in [0.25, 0.3) is 0 Å². The third-order valence-corrected chi connectivity index (χ3v) is 4.58. The first-order valence-corrected chi connectivity index (χ1v) is 8.30. The van der Waals surface area contributed by atoms with Gasteiger partial charge in [-0.1, -0.05) is 28.1 Å². The average molecular weight is 417 g/mol. The lowest BCUT2D eigenvalue weighted by molar-refractivity contribution is 0.0682. The molecule has 3 aromatic carbocycles. The Kier molecular flexibility index (Phi) is 4.56. The molecule has 3 aromatic rings. The Bertz CT molecular complexity index is 1060. The summed E-state index contributed by atoms with van der Waals surface area (Å²) in [7, 11) is 0. The predicted molar refractivity (Wildman–Crippen MR) is 98.1 cm³/mol. The van der Waals surface area contributed by atoms with Crippen molar-refractivity contribution >= 4 is 38.6 Å². The number of benzene rings is 3. The molecule has 0 atom stereocenters. The number of hydrogen-bond acceptors (Lipinski definition) is 4. The Labute approximate surface area is 156 Å². The Balaban J connectivity index is 2.21. The van der Waals surface area contributed by atoms with E-state index in [1.54, 1.807) is 18.2 Å². The second-order valence-corrected chi connectivity index (χ2v) is 6.67. The zero-order valence-corrected chi connectivity index (χ0v) is 14.8. The van der Waals surface area contributed by atoms with Crippen molar-refractivity contribution in [2.24, 2.45) is 0 Å². The fourth-order valence-electron chi connectivity index (χ4n) is 2.85. The Hall–Kier alpha value is -3.06. The highest BCUT2D eigenvalue weighted by Gasteiger charge is 2.19. The largest absolute Gasteiger partial charge is 0.507 e. The first kappa shape index (κ1) is 17.8. The Morgan fingerprint density at radius 1 is 0.885 bits per heavy atom. The fourth-order valence-corrected chi connectivity index (χ4v) is 3.23. The molecule has 132 valence electrons. The van der Waals surface area contributed by atoms with E-state index < -0.39 is 11.9 Å². The highest BCUT2D eigenvalue weighted by molar-refractivity contribution is 9.10. The first-order chi connectivity index (χ1) is 12.3. The quantitative estimate of drug-likeness (QED) is 0.510. The van der Waals surface area contributed by atoms with Crippen LogP contribution >= 0.6 is 15.9 Å². The van der Waals surface area contributed by atoms with Gasteiger partial charge >= 0.3 is 11.9 Å². The van der Waals surface area contributed by atoms with E-state index in [0.29, 0.717) is 21.9 Å². The number of rotatable bonds is 4. The lowest BCUT2D eigenvalue weighted by Gasteiger charge is -2.13. The van der Waals surface area contributed by atoms with Gasteiger partial charge in [-0.2, -0.15) is 0 Å². The molecule has 0 heterocycles. The second kappa shape index (κ2) is 6.68. The van der Waals surface area contributed by atoms with Crippen LogP contribution in [0.4, 0.5) is 0 Å². The van der Waals surface area contributed by atoms with E-state index in [9.17, 15) is 24.9 Å². The molecule has 0 aliphatic carbocycles. The Morgan fingerprint density at radius 3 is 2.23 bits per heavy atom. The number of phenols is 2. The van der Waals surface area contributed by atoms with Gasteiger partial charge in [-0.05, 0) is 46.7 Å². The summed E-state index contributed by atoms with van der Waals surface area (Å²) in [5.41, 5.74) is 0.392. The molecule has 0 saturated carbocycles. The van der Waals surface area contributed by atoms with E-state index in [1.807, 2.05) is 0 Å². The molecule has 0 fully saturated rings. The van der Waals surface area contributed by atoms with Crippen molar-refractivity contribution in [3.05, 3.63) is 69.2 Å². The van der Waals surface area contributed by atoms with Gasteiger partial charge in [0.1, 0.15) is 22.6 Å². The minimum Gasteiger partial charge on any atom is -0.507 e. The summed E-state index contributed by atoms with van der Waals surface area (Å²) in [5.74, 6) is -3.26. The third-order valence-electron chi connectivity index (χ3n) is 4.08. The maximum atomic E-state index is 11.5. The number of carboxylic acids is 2. The molecule has 0 aromatic heterocycles. The molecule has 0 radical (unpaired) electrons. The molecule has 26 heavy (non-hydrogen) atoms. The highest BCUT2D eigenvalue weighted by Crippen LogP contribution is 2.35. The minimum atomic E-state index is -1.28. The molecule has 3 rings (SSSR count). The van der Waals surface area contributed by atoms with Crippen LogP contribution in [0.2, 0.25) is 0 Å². The molecule has 0 saturated heterocycles. The van der Waals surface area contributed by atoms with E-state index >= 15 is 0 Å². The zero-order chi connectivity index (χ0) is 19.0. The average Bonchev–Trinajstić information content (AvgIpc) is 2.58. The third kappa shape index (κ3) is 3.21. The van der Waals surface area contributed by atoms with E-state index in [0.717, 1.165) is 4.47 Å². The van der Waals surface area contributed by atoms with Gasteiger partial charge in [-0.15, -0.1) is 0 Å². The lowest BCUT2D eigenvalue weighted by atomic mass is 9.94. The van der Waals surface area contributed by atoms with Gasteiger partial charge < -0.3 is 20.4 Å². The molecule has 6 nitrogen and oxygen atoms in total. The van der Waals surface area contributed by atoms with Crippen LogP contribution in [0.5, 0.6) is 11.5 Å². The number of carbonyl (C=O) groups is 2. The molecule has 0 spiro atoms. The summed E-state index contributed by atoms with van der Waals surface area (Å²) in [6, 6.07) is 10.7. The monoisotopic (exact) mass is 416 g/mol. The van der Waals surface area contributed by atoms with Crippen molar-refractivity contribution in [1.82, 2.24) is 0 Å². The maximum absolute atomic E-state index is 11.5. The summed E-state index contributed by atoms with van der Waals surface area (Å²) >= 11 is 3.33. The number of fused-ring (bicyclic) bond motifs is 1. The van der Waals surface area contributed by atoms with Crippen molar-refractivity contribution < 1.29 is 30.0 Å². The van der Waals surface area contributed by atoms with Gasteiger partial charge in [-0.3, -0.25) is 0 Å². The molecule has 7 heteroatoms. The van der Waals surface area contributed by atoms with Crippen LogP contribution in [0.1, 0.15) is 31.8 Å². The number of halogens is 1. The molecule has 0 unspecified atom stereocenters. The summed E-state index contributed by atoms with van der Waals surface area (Å²) in [5, 5.41) is 39.9. The molecule has 0 bridgehead atoms. The van der Waals surface area contributed by atoms with E-state index in [2.05, 4.69) is 15.9 Å².